The summed E-state index contributed by atoms with van der Waals surface area (Å²) in [5.41, 5.74) is 17.7. The molecule has 0 amide bonds. The zero-order chi connectivity index (χ0) is 38.3. The van der Waals surface area contributed by atoms with Crippen LogP contribution in [0.5, 0.6) is 0 Å². The largest absolute Gasteiger partial charge is 0.324 e. The van der Waals surface area contributed by atoms with Crippen molar-refractivity contribution in [3.8, 4) is 33.4 Å². The van der Waals surface area contributed by atoms with Gasteiger partial charge in [0.05, 0.1) is 5.41 Å². The van der Waals surface area contributed by atoms with Crippen molar-refractivity contribution >= 4 is 11.7 Å². The molecular weight excluding hydrogens is 691 g/mol. The van der Waals surface area contributed by atoms with E-state index >= 15 is 0 Å². The van der Waals surface area contributed by atoms with Gasteiger partial charge in [-0.25, -0.2) is 9.98 Å². The van der Waals surface area contributed by atoms with Crippen LogP contribution in [0, 0.1) is 13.8 Å². The van der Waals surface area contributed by atoms with Crippen LogP contribution in [0.3, 0.4) is 0 Å². The molecule has 10 rings (SSSR count). The van der Waals surface area contributed by atoms with Gasteiger partial charge < -0.3 is 5.32 Å². The molecule has 0 saturated carbocycles. The van der Waals surface area contributed by atoms with Crippen LogP contribution >= 0.6 is 0 Å². The Balaban J connectivity index is 1.09. The second-order valence-corrected chi connectivity index (χ2v) is 15.0. The summed E-state index contributed by atoms with van der Waals surface area (Å²) in [6.07, 6.45) is -0.419. The van der Waals surface area contributed by atoms with Crippen LogP contribution in [0.1, 0.15) is 56.2 Å². The Labute approximate surface area is 334 Å². The van der Waals surface area contributed by atoms with Crippen molar-refractivity contribution in [1.82, 2.24) is 5.32 Å². The summed E-state index contributed by atoms with van der Waals surface area (Å²) in [6, 6.07) is 71.9. The first-order chi connectivity index (χ1) is 28.1. The number of hydrogen-bond acceptors (Lipinski definition) is 3. The second kappa shape index (κ2) is 14.2. The fraction of sp³-hybridized carbons (Fsp3) is 0.0741. The minimum atomic E-state index is -0.461. The monoisotopic (exact) mass is 731 g/mol. The summed E-state index contributed by atoms with van der Waals surface area (Å²) < 4.78 is 0. The lowest BCUT2D eigenvalue weighted by Crippen LogP contribution is -2.36. The Kier molecular flexibility index (Phi) is 8.57. The molecule has 1 aliphatic heterocycles. The molecule has 1 aliphatic carbocycles. The molecule has 8 aromatic carbocycles. The molecule has 0 saturated heterocycles. The molecule has 1 heterocycles. The van der Waals surface area contributed by atoms with Crippen molar-refractivity contribution in [2.45, 2.75) is 25.4 Å². The van der Waals surface area contributed by atoms with Gasteiger partial charge in [-0.1, -0.05) is 200 Å². The number of aryl methyl sites for hydroxylation is 1. The molecule has 3 nitrogen and oxygen atoms in total. The van der Waals surface area contributed by atoms with Crippen LogP contribution in [0.15, 0.2) is 210 Å². The van der Waals surface area contributed by atoms with Gasteiger partial charge in [-0.2, -0.15) is 0 Å². The number of rotatable bonds is 7. The minimum absolute atomic E-state index is 0.419. The molecule has 0 fully saturated rings. The topological polar surface area (TPSA) is 36.8 Å². The molecule has 272 valence electrons. The highest BCUT2D eigenvalue weighted by Crippen LogP contribution is 2.57. The van der Waals surface area contributed by atoms with Gasteiger partial charge in [0.25, 0.3) is 0 Å². The average molecular weight is 732 g/mol. The molecule has 0 radical (unpaired) electrons. The predicted octanol–water partition coefficient (Wildman–Crippen LogP) is 12.5. The zero-order valence-electron chi connectivity index (χ0n) is 32.0. The first-order valence-corrected chi connectivity index (χ1v) is 19.7. The third-order valence-corrected chi connectivity index (χ3v) is 11.8. The summed E-state index contributed by atoms with van der Waals surface area (Å²) >= 11 is 0. The van der Waals surface area contributed by atoms with Crippen LogP contribution < -0.4 is 5.32 Å². The fourth-order valence-corrected chi connectivity index (χ4v) is 9.18. The van der Waals surface area contributed by atoms with Crippen molar-refractivity contribution in [3.05, 3.63) is 250 Å². The standard InChI is InChI=1S/C54H41N3/c1-36-18-9-14-28-47(36)54(49-29-15-12-24-44(49)45-25-13-16-30-50(45)54)48-31-17-27-42(37(48)2)39-32-34-41(35-33-39)52-55-51(40-21-7-4-8-22-40)56-53(57-52)46-26-11-10-23-43(46)38-19-5-3-6-20-38/h3-35,52H,1-2H3,(H,55,56,57). The molecule has 0 aromatic heterocycles. The van der Waals surface area contributed by atoms with E-state index in [1.54, 1.807) is 0 Å². The lowest BCUT2D eigenvalue weighted by molar-refractivity contribution is 0.754. The molecule has 1 atom stereocenters. The minimum Gasteiger partial charge on any atom is -0.324 e. The summed E-state index contributed by atoms with van der Waals surface area (Å²) in [7, 11) is 0. The molecule has 1 unspecified atom stereocenters. The van der Waals surface area contributed by atoms with Crippen molar-refractivity contribution in [2.75, 3.05) is 0 Å². The first-order valence-electron chi connectivity index (χ1n) is 19.7. The van der Waals surface area contributed by atoms with Gasteiger partial charge in [-0.05, 0) is 86.2 Å². The summed E-state index contributed by atoms with van der Waals surface area (Å²) in [6.45, 7) is 4.55. The van der Waals surface area contributed by atoms with Gasteiger partial charge in [-0.3, -0.25) is 0 Å². The van der Waals surface area contributed by atoms with Gasteiger partial charge in [0.2, 0.25) is 0 Å². The molecule has 0 bridgehead atoms. The van der Waals surface area contributed by atoms with E-state index < -0.39 is 11.6 Å². The number of amidine groups is 2. The Bertz CT molecular complexity index is 2790. The van der Waals surface area contributed by atoms with Gasteiger partial charge in [-0.15, -0.1) is 0 Å². The van der Waals surface area contributed by atoms with Crippen molar-refractivity contribution in [1.29, 1.82) is 0 Å². The highest BCUT2D eigenvalue weighted by molar-refractivity contribution is 6.17. The van der Waals surface area contributed by atoms with Crippen LogP contribution in [0.25, 0.3) is 33.4 Å². The molecule has 8 aromatic rings. The maximum Gasteiger partial charge on any atom is 0.169 e. The van der Waals surface area contributed by atoms with E-state index in [4.69, 9.17) is 9.98 Å². The number of nitrogens with zero attached hydrogens (tertiary/aromatic N) is 2. The third-order valence-electron chi connectivity index (χ3n) is 11.8. The van der Waals surface area contributed by atoms with Gasteiger partial charge in [0.1, 0.15) is 11.7 Å². The van der Waals surface area contributed by atoms with Crippen LogP contribution in [0.4, 0.5) is 0 Å². The van der Waals surface area contributed by atoms with Crippen LogP contribution in [-0.2, 0) is 5.41 Å². The number of hydrogen-bond donors (Lipinski definition) is 1. The maximum atomic E-state index is 5.28. The normalized spacial score (nSPS) is 15.2. The van der Waals surface area contributed by atoms with Crippen molar-refractivity contribution < 1.29 is 0 Å². The third kappa shape index (κ3) is 5.74. The number of fused-ring (bicyclic) bond motifs is 3. The molecule has 3 heteroatoms. The highest BCUT2D eigenvalue weighted by Gasteiger charge is 2.47. The highest BCUT2D eigenvalue weighted by atomic mass is 15.2. The fourth-order valence-electron chi connectivity index (χ4n) is 9.18. The number of benzene rings is 8. The number of nitrogens with one attached hydrogen (secondary N) is 1. The lowest BCUT2D eigenvalue weighted by Gasteiger charge is -2.36. The van der Waals surface area contributed by atoms with E-state index in [-0.39, 0.29) is 0 Å². The Hall–Kier alpha value is -7.10. The van der Waals surface area contributed by atoms with Gasteiger partial charge >= 0.3 is 0 Å². The zero-order valence-corrected chi connectivity index (χ0v) is 32.0. The molecular formula is C54H41N3. The maximum absolute atomic E-state index is 5.28. The number of aliphatic imine (C=N–C) groups is 2. The molecule has 1 N–H and O–H groups in total. The predicted molar refractivity (Wildman–Crippen MR) is 236 cm³/mol. The van der Waals surface area contributed by atoms with E-state index in [2.05, 4.69) is 213 Å². The SMILES string of the molecule is Cc1ccccc1C1(c2cccc(-c3ccc(C4N=C(c5ccccc5)NC(c5ccccc5-c5ccccc5)=N4)cc3)c2C)c2ccccc2-c2ccccc21. The Morgan fingerprint density at radius 3 is 1.49 bits per heavy atom. The lowest BCUT2D eigenvalue weighted by atomic mass is 9.65. The Morgan fingerprint density at radius 1 is 0.368 bits per heavy atom. The second-order valence-electron chi connectivity index (χ2n) is 15.0. The van der Waals surface area contributed by atoms with Gasteiger partial charge in [0.15, 0.2) is 6.17 Å². The van der Waals surface area contributed by atoms with E-state index in [1.165, 1.54) is 50.1 Å². The van der Waals surface area contributed by atoms with Crippen LogP contribution in [-0.4, -0.2) is 11.7 Å². The van der Waals surface area contributed by atoms with Gasteiger partial charge in [0, 0.05) is 11.1 Å². The molecule has 0 spiro atoms. The van der Waals surface area contributed by atoms with Crippen molar-refractivity contribution in [3.63, 3.8) is 0 Å². The molecule has 2 aliphatic rings. The summed E-state index contributed by atoms with van der Waals surface area (Å²) in [5.74, 6) is 1.61. The molecule has 57 heavy (non-hydrogen) atoms. The van der Waals surface area contributed by atoms with E-state index in [9.17, 15) is 0 Å². The summed E-state index contributed by atoms with van der Waals surface area (Å²) in [4.78, 5) is 10.5. The first kappa shape index (κ1) is 34.4. The average Bonchev–Trinajstić information content (AvgIpc) is 3.58. The Morgan fingerprint density at radius 2 is 0.842 bits per heavy atom. The smallest absolute Gasteiger partial charge is 0.169 e. The van der Waals surface area contributed by atoms with E-state index in [1.807, 2.05) is 6.07 Å². The van der Waals surface area contributed by atoms with E-state index in [0.29, 0.717) is 0 Å². The van der Waals surface area contributed by atoms with Crippen LogP contribution in [0.2, 0.25) is 0 Å². The summed E-state index contributed by atoms with van der Waals surface area (Å²) in [5, 5.41) is 3.61. The quantitative estimate of drug-likeness (QED) is 0.174. The van der Waals surface area contributed by atoms with E-state index in [0.717, 1.165) is 45.1 Å². The van der Waals surface area contributed by atoms with Crippen molar-refractivity contribution in [2.24, 2.45) is 9.98 Å².